The van der Waals surface area contributed by atoms with Gasteiger partial charge in [0.2, 0.25) is 0 Å². The van der Waals surface area contributed by atoms with E-state index >= 15 is 0 Å². The lowest BCUT2D eigenvalue weighted by Crippen LogP contribution is -2.16. The van der Waals surface area contributed by atoms with E-state index in [0.717, 1.165) is 31.8 Å². The molecule has 1 heterocycles. The number of carbonyl (C=O) groups excluding carboxylic acids is 2. The van der Waals surface area contributed by atoms with Gasteiger partial charge in [-0.05, 0) is 30.9 Å². The molecule has 146 valence electrons. The molecular weight excluding hydrogens is 352 g/mol. The molecule has 0 amide bonds. The lowest BCUT2D eigenvalue weighted by Gasteiger charge is -2.11. The Morgan fingerprint density at radius 2 is 1.93 bits per heavy atom. The number of benzene rings is 1. The highest BCUT2D eigenvalue weighted by atomic mass is 16.6. The molecule has 0 saturated carbocycles. The second kappa shape index (κ2) is 10.5. The zero-order valence-corrected chi connectivity index (χ0v) is 15.1. The predicted molar refractivity (Wildman–Crippen MR) is 96.8 cm³/mol. The van der Waals surface area contributed by atoms with Crippen LogP contribution in [0.4, 0.5) is 0 Å². The summed E-state index contributed by atoms with van der Waals surface area (Å²) in [6, 6.07) is 4.85. The first-order valence-electron chi connectivity index (χ1n) is 8.96. The minimum atomic E-state index is -1.14. The Kier molecular flexibility index (Phi) is 8.00. The largest absolute Gasteiger partial charge is 0.478 e. The number of esters is 2. The highest BCUT2D eigenvalue weighted by Crippen LogP contribution is 2.20. The van der Waals surface area contributed by atoms with E-state index in [1.54, 1.807) is 12.1 Å². The highest BCUT2D eigenvalue weighted by Gasteiger charge is 2.26. The summed E-state index contributed by atoms with van der Waals surface area (Å²) in [6.45, 7) is 4.37. The average Bonchev–Trinajstić information content (AvgIpc) is 3.49. The topological polar surface area (TPSA) is 102 Å². The van der Waals surface area contributed by atoms with Gasteiger partial charge in [0, 0.05) is 6.08 Å². The fourth-order valence-electron chi connectivity index (χ4n) is 2.64. The van der Waals surface area contributed by atoms with Gasteiger partial charge in [-0.25, -0.2) is 14.4 Å². The van der Waals surface area contributed by atoms with Crippen molar-refractivity contribution in [2.24, 2.45) is 0 Å². The van der Waals surface area contributed by atoms with Gasteiger partial charge in [-0.3, -0.25) is 0 Å². The summed E-state index contributed by atoms with van der Waals surface area (Å²) in [6.07, 6.45) is 4.82. The van der Waals surface area contributed by atoms with E-state index < -0.39 is 17.9 Å². The van der Waals surface area contributed by atoms with E-state index in [4.69, 9.17) is 14.2 Å². The number of hydrogen-bond acceptors (Lipinski definition) is 6. The molecule has 0 radical (unpaired) electrons. The van der Waals surface area contributed by atoms with E-state index in [1.807, 2.05) is 0 Å². The molecule has 1 aliphatic rings. The number of carbonyl (C=O) groups is 3. The zero-order chi connectivity index (χ0) is 19.6. The second-order valence-corrected chi connectivity index (χ2v) is 6.23. The molecule has 1 fully saturated rings. The van der Waals surface area contributed by atoms with Gasteiger partial charge in [-0.2, -0.15) is 0 Å². The van der Waals surface area contributed by atoms with Crippen LogP contribution in [0.2, 0.25) is 0 Å². The van der Waals surface area contributed by atoms with E-state index in [-0.39, 0.29) is 23.8 Å². The van der Waals surface area contributed by atoms with Gasteiger partial charge >= 0.3 is 17.9 Å². The second-order valence-electron chi connectivity index (χ2n) is 6.23. The Morgan fingerprint density at radius 3 is 2.59 bits per heavy atom. The van der Waals surface area contributed by atoms with Crippen LogP contribution in [0.25, 0.3) is 0 Å². The maximum absolute atomic E-state index is 12.2. The van der Waals surface area contributed by atoms with Gasteiger partial charge in [0.1, 0.15) is 12.7 Å². The molecule has 7 heteroatoms. The Balaban J connectivity index is 1.85. The maximum atomic E-state index is 12.2. The van der Waals surface area contributed by atoms with Crippen LogP contribution < -0.4 is 0 Å². The summed E-state index contributed by atoms with van der Waals surface area (Å²) in [5.74, 6) is -2.22. The molecule has 1 unspecified atom stereocenters. The highest BCUT2D eigenvalue weighted by molar-refractivity contribution is 6.03. The normalized spacial score (nSPS) is 15.0. The molecule has 0 spiro atoms. The van der Waals surface area contributed by atoms with E-state index in [2.05, 4.69) is 6.58 Å². The van der Waals surface area contributed by atoms with Crippen molar-refractivity contribution in [1.82, 2.24) is 0 Å². The molecule has 1 aromatic rings. The van der Waals surface area contributed by atoms with E-state index in [0.29, 0.717) is 25.2 Å². The van der Waals surface area contributed by atoms with Crippen LogP contribution in [0.3, 0.4) is 0 Å². The van der Waals surface area contributed by atoms with Crippen molar-refractivity contribution in [2.45, 2.75) is 38.2 Å². The molecule has 0 aromatic heterocycles. The number of epoxide rings is 1. The molecule has 0 aliphatic carbocycles. The van der Waals surface area contributed by atoms with Gasteiger partial charge in [0.25, 0.3) is 0 Å². The van der Waals surface area contributed by atoms with Gasteiger partial charge in [0.15, 0.2) is 0 Å². The number of rotatable bonds is 12. The molecule has 0 bridgehead atoms. The Labute approximate surface area is 157 Å². The number of ether oxygens (including phenoxy) is 3. The smallest absolute Gasteiger partial charge is 0.339 e. The monoisotopic (exact) mass is 376 g/mol. The molecular formula is C20H24O7. The quantitative estimate of drug-likeness (QED) is 0.259. The van der Waals surface area contributed by atoms with Crippen molar-refractivity contribution < 1.29 is 33.7 Å². The van der Waals surface area contributed by atoms with Crippen LogP contribution in [-0.4, -0.2) is 48.9 Å². The predicted octanol–water partition coefficient (Wildman–Crippen LogP) is 2.77. The van der Waals surface area contributed by atoms with Crippen molar-refractivity contribution in [1.29, 1.82) is 0 Å². The zero-order valence-electron chi connectivity index (χ0n) is 15.1. The molecule has 1 atom stereocenters. The Bertz CT molecular complexity index is 692. The SMILES string of the molecule is C=CC(=O)OCCCCCCc1cccc(C(=O)OCC2CO2)c1C(=O)O. The number of hydrogen-bond donors (Lipinski definition) is 1. The standard InChI is InChI=1S/C20H24O7/c1-2-17(21)25-11-6-4-3-5-8-14-9-7-10-16(18(14)19(22)23)20(24)27-13-15-12-26-15/h2,7,9-10,15H,1,3-6,8,11-13H2,(H,22,23). The molecule has 1 N–H and O–H groups in total. The van der Waals surface area contributed by atoms with Crippen LogP contribution in [0.5, 0.6) is 0 Å². The fourth-order valence-corrected chi connectivity index (χ4v) is 2.64. The molecule has 1 saturated heterocycles. The summed E-state index contributed by atoms with van der Waals surface area (Å²) in [5, 5.41) is 9.54. The van der Waals surface area contributed by atoms with Crippen LogP contribution >= 0.6 is 0 Å². The first kappa shape index (κ1) is 20.6. The minimum Gasteiger partial charge on any atom is -0.478 e. The third-order valence-electron chi connectivity index (χ3n) is 4.14. The van der Waals surface area contributed by atoms with Gasteiger partial charge in [-0.1, -0.05) is 31.6 Å². The number of carboxylic acid groups (broad SMARTS) is 1. The summed E-state index contributed by atoms with van der Waals surface area (Å²) in [5.41, 5.74) is 0.675. The van der Waals surface area contributed by atoms with Gasteiger partial charge in [0.05, 0.1) is 24.3 Å². The summed E-state index contributed by atoms with van der Waals surface area (Å²) < 4.78 is 15.0. The molecule has 1 aromatic carbocycles. The summed E-state index contributed by atoms with van der Waals surface area (Å²) >= 11 is 0. The minimum absolute atomic E-state index is 0.000807. The first-order valence-corrected chi connectivity index (χ1v) is 8.96. The third-order valence-corrected chi connectivity index (χ3v) is 4.14. The van der Waals surface area contributed by atoms with Crippen LogP contribution in [0.15, 0.2) is 30.9 Å². The lowest BCUT2D eigenvalue weighted by atomic mass is 9.96. The molecule has 1 aliphatic heterocycles. The molecule has 7 nitrogen and oxygen atoms in total. The number of aromatic carboxylic acids is 1. The summed E-state index contributed by atoms with van der Waals surface area (Å²) in [4.78, 5) is 34.8. The number of carboxylic acids is 1. The number of unbranched alkanes of at least 4 members (excludes halogenated alkanes) is 3. The van der Waals surface area contributed by atoms with Gasteiger partial charge in [-0.15, -0.1) is 0 Å². The average molecular weight is 376 g/mol. The van der Waals surface area contributed by atoms with E-state index in [1.165, 1.54) is 6.07 Å². The van der Waals surface area contributed by atoms with E-state index in [9.17, 15) is 19.5 Å². The molecule has 2 rings (SSSR count). The van der Waals surface area contributed by atoms with Crippen LogP contribution in [0, 0.1) is 0 Å². The fraction of sp³-hybridized carbons (Fsp3) is 0.450. The Morgan fingerprint density at radius 1 is 1.19 bits per heavy atom. The van der Waals surface area contributed by atoms with Crippen molar-refractivity contribution in [3.8, 4) is 0 Å². The maximum Gasteiger partial charge on any atom is 0.339 e. The van der Waals surface area contributed by atoms with Crippen molar-refractivity contribution >= 4 is 17.9 Å². The summed E-state index contributed by atoms with van der Waals surface area (Å²) in [7, 11) is 0. The lowest BCUT2D eigenvalue weighted by molar-refractivity contribution is -0.137. The molecule has 27 heavy (non-hydrogen) atoms. The third kappa shape index (κ3) is 6.86. The van der Waals surface area contributed by atoms with Gasteiger partial charge < -0.3 is 19.3 Å². The van der Waals surface area contributed by atoms with Crippen molar-refractivity contribution in [2.75, 3.05) is 19.8 Å². The Hall–Kier alpha value is -2.67. The first-order chi connectivity index (χ1) is 13.0. The van der Waals surface area contributed by atoms with Crippen molar-refractivity contribution in [3.63, 3.8) is 0 Å². The van der Waals surface area contributed by atoms with Crippen LogP contribution in [-0.2, 0) is 25.4 Å². The van der Waals surface area contributed by atoms with Crippen molar-refractivity contribution in [3.05, 3.63) is 47.5 Å². The van der Waals surface area contributed by atoms with Crippen LogP contribution in [0.1, 0.15) is 52.0 Å². The number of aryl methyl sites for hydroxylation is 1.